The number of phenolic OH excluding ortho intramolecular Hbond substituents is 2. The van der Waals surface area contributed by atoms with Crippen LogP contribution in [0.1, 0.15) is 42.2 Å². The molecule has 0 spiro atoms. The normalized spacial score (nSPS) is 20.0. The van der Waals surface area contributed by atoms with Crippen LogP contribution in [0.4, 0.5) is 0 Å². The van der Waals surface area contributed by atoms with Crippen LogP contribution in [0.15, 0.2) is 24.3 Å². The molecule has 41 heavy (non-hydrogen) atoms. The van der Waals surface area contributed by atoms with Gasteiger partial charge in [-0.05, 0) is 49.1 Å². The fourth-order valence-electron chi connectivity index (χ4n) is 6.28. The van der Waals surface area contributed by atoms with E-state index in [9.17, 15) is 15.3 Å². The molecule has 0 aromatic heterocycles. The van der Waals surface area contributed by atoms with Gasteiger partial charge in [0.1, 0.15) is 40.6 Å². The first-order valence-electron chi connectivity index (χ1n) is 13.5. The zero-order valence-electron chi connectivity index (χ0n) is 24.0. The Morgan fingerprint density at radius 1 is 0.683 bits per heavy atom. The van der Waals surface area contributed by atoms with Gasteiger partial charge in [0.05, 0.1) is 64.6 Å². The molecule has 0 radical (unpaired) electrons. The van der Waals surface area contributed by atoms with E-state index in [-0.39, 0.29) is 30.8 Å². The molecule has 3 atom stereocenters. The first-order chi connectivity index (χ1) is 19.7. The molecule has 0 amide bonds. The van der Waals surface area contributed by atoms with Gasteiger partial charge in [-0.15, -0.1) is 0 Å². The first kappa shape index (κ1) is 27.3. The van der Waals surface area contributed by atoms with Crippen molar-refractivity contribution >= 4 is 21.5 Å². The van der Waals surface area contributed by atoms with Crippen LogP contribution >= 0.6 is 0 Å². The van der Waals surface area contributed by atoms with Crippen LogP contribution in [-0.4, -0.2) is 56.0 Å². The molecule has 0 saturated carbocycles. The lowest BCUT2D eigenvalue weighted by Gasteiger charge is -2.31. The molecule has 2 aliphatic rings. The van der Waals surface area contributed by atoms with Crippen LogP contribution in [0.25, 0.3) is 32.7 Å². The van der Waals surface area contributed by atoms with Crippen molar-refractivity contribution in [1.82, 2.24) is 0 Å². The molecule has 0 aliphatic carbocycles. The number of benzene rings is 4. The lowest BCUT2D eigenvalue weighted by molar-refractivity contribution is -0.0530. The Morgan fingerprint density at radius 2 is 1.29 bits per heavy atom. The van der Waals surface area contributed by atoms with Crippen molar-refractivity contribution in [2.24, 2.45) is 0 Å². The minimum absolute atomic E-state index is 0.0204. The second-order valence-corrected chi connectivity index (χ2v) is 10.6. The number of ether oxygens (including phenoxy) is 6. The average molecular weight is 563 g/mol. The molecule has 4 aromatic rings. The molecule has 0 saturated heterocycles. The molecule has 0 fully saturated rings. The standard InChI is InChI=1S/C32H34O9/c1-14-7-17-21(12-40-14)31(34)28-19(8-16(36-3)9-23(28)37-4)26(17)27-20-10-18-22(13-41-15(2)30(18)33)32(35)29(20)25(39-6)11-24(27)38-5/h8-11,14-15,30,33-35H,7,12-13H2,1-6H3. The molecule has 2 aliphatic heterocycles. The fourth-order valence-corrected chi connectivity index (χ4v) is 6.28. The monoisotopic (exact) mass is 562 g/mol. The lowest BCUT2D eigenvalue weighted by atomic mass is 9.81. The number of phenols is 2. The highest BCUT2D eigenvalue weighted by molar-refractivity contribution is 6.15. The zero-order valence-corrected chi connectivity index (χ0v) is 24.0. The Bertz CT molecular complexity index is 1690. The number of methoxy groups -OCH3 is 4. The number of aromatic hydroxyl groups is 2. The molecule has 4 aromatic carbocycles. The van der Waals surface area contributed by atoms with E-state index in [0.717, 1.165) is 11.1 Å². The molecule has 9 heteroatoms. The Kier molecular flexibility index (Phi) is 6.76. The predicted octanol–water partition coefficient (Wildman–Crippen LogP) is 5.52. The maximum Gasteiger partial charge on any atom is 0.134 e. The zero-order chi connectivity index (χ0) is 29.2. The molecule has 3 N–H and O–H groups in total. The van der Waals surface area contributed by atoms with Crippen molar-refractivity contribution in [3.8, 4) is 45.6 Å². The Morgan fingerprint density at radius 3 is 1.95 bits per heavy atom. The second kappa shape index (κ2) is 10.2. The van der Waals surface area contributed by atoms with Gasteiger partial charge in [-0.25, -0.2) is 0 Å². The molecule has 0 bridgehead atoms. The van der Waals surface area contributed by atoms with Crippen molar-refractivity contribution in [2.75, 3.05) is 28.4 Å². The third kappa shape index (κ3) is 4.02. The smallest absolute Gasteiger partial charge is 0.134 e. The second-order valence-electron chi connectivity index (χ2n) is 10.6. The van der Waals surface area contributed by atoms with Crippen molar-refractivity contribution < 1.29 is 43.7 Å². The molecular formula is C32H34O9. The van der Waals surface area contributed by atoms with E-state index < -0.39 is 12.2 Å². The molecule has 9 nitrogen and oxygen atoms in total. The van der Waals surface area contributed by atoms with Gasteiger partial charge in [-0.3, -0.25) is 0 Å². The number of aliphatic hydroxyl groups excluding tert-OH is 1. The van der Waals surface area contributed by atoms with Crippen molar-refractivity contribution in [2.45, 2.75) is 51.8 Å². The summed E-state index contributed by atoms with van der Waals surface area (Å²) < 4.78 is 34.8. The van der Waals surface area contributed by atoms with E-state index in [1.807, 2.05) is 19.1 Å². The van der Waals surface area contributed by atoms with E-state index in [4.69, 9.17) is 28.4 Å². The van der Waals surface area contributed by atoms with Crippen LogP contribution in [-0.2, 0) is 29.1 Å². The van der Waals surface area contributed by atoms with Gasteiger partial charge in [-0.1, -0.05) is 0 Å². The summed E-state index contributed by atoms with van der Waals surface area (Å²) in [7, 11) is 6.23. The van der Waals surface area contributed by atoms with Gasteiger partial charge in [0.2, 0.25) is 0 Å². The summed E-state index contributed by atoms with van der Waals surface area (Å²) in [6.45, 7) is 4.15. The largest absolute Gasteiger partial charge is 0.507 e. The van der Waals surface area contributed by atoms with Gasteiger partial charge >= 0.3 is 0 Å². The minimum atomic E-state index is -0.946. The molecule has 6 rings (SSSR count). The Labute approximate surface area is 237 Å². The average Bonchev–Trinajstić information content (AvgIpc) is 2.98. The molecule has 3 unspecified atom stereocenters. The Balaban J connectivity index is 1.86. The third-order valence-electron chi connectivity index (χ3n) is 8.40. The van der Waals surface area contributed by atoms with Gasteiger partial charge in [-0.2, -0.15) is 0 Å². The van der Waals surface area contributed by atoms with Crippen molar-refractivity contribution in [3.63, 3.8) is 0 Å². The number of hydrogen-bond donors (Lipinski definition) is 3. The van der Waals surface area contributed by atoms with Crippen LogP contribution in [0.5, 0.6) is 34.5 Å². The molecule has 2 heterocycles. The summed E-state index contributed by atoms with van der Waals surface area (Å²) in [5, 5.41) is 36.6. The number of aliphatic hydroxyl groups is 1. The summed E-state index contributed by atoms with van der Waals surface area (Å²) in [6, 6.07) is 7.23. The minimum Gasteiger partial charge on any atom is -0.507 e. The van der Waals surface area contributed by atoms with Crippen LogP contribution in [0.3, 0.4) is 0 Å². The van der Waals surface area contributed by atoms with Crippen LogP contribution < -0.4 is 18.9 Å². The van der Waals surface area contributed by atoms with E-state index in [0.29, 0.717) is 73.2 Å². The third-order valence-corrected chi connectivity index (χ3v) is 8.40. The topological polar surface area (TPSA) is 116 Å². The quantitative estimate of drug-likeness (QED) is 0.289. The predicted molar refractivity (Wildman–Crippen MR) is 154 cm³/mol. The summed E-state index contributed by atoms with van der Waals surface area (Å²) in [5.41, 5.74) is 4.11. The van der Waals surface area contributed by atoms with Gasteiger partial charge in [0.15, 0.2) is 0 Å². The number of hydrogen-bond acceptors (Lipinski definition) is 9. The van der Waals surface area contributed by atoms with E-state index in [1.165, 1.54) is 7.11 Å². The maximum absolute atomic E-state index is 11.6. The molecule has 216 valence electrons. The first-order valence-corrected chi connectivity index (χ1v) is 13.5. The number of rotatable bonds is 5. The van der Waals surface area contributed by atoms with Gasteiger partial charge < -0.3 is 43.7 Å². The van der Waals surface area contributed by atoms with Crippen molar-refractivity contribution in [1.29, 1.82) is 0 Å². The van der Waals surface area contributed by atoms with E-state index >= 15 is 0 Å². The van der Waals surface area contributed by atoms with E-state index in [2.05, 4.69) is 0 Å². The van der Waals surface area contributed by atoms with E-state index in [1.54, 1.807) is 40.4 Å². The van der Waals surface area contributed by atoms with Crippen molar-refractivity contribution in [3.05, 3.63) is 46.5 Å². The summed E-state index contributed by atoms with van der Waals surface area (Å²) in [4.78, 5) is 0. The highest BCUT2D eigenvalue weighted by atomic mass is 16.5. The highest BCUT2D eigenvalue weighted by Gasteiger charge is 2.34. The highest BCUT2D eigenvalue weighted by Crippen LogP contribution is 2.55. The summed E-state index contributed by atoms with van der Waals surface area (Å²) in [6.07, 6.45) is -0.987. The summed E-state index contributed by atoms with van der Waals surface area (Å²) >= 11 is 0. The lowest BCUT2D eigenvalue weighted by Crippen LogP contribution is -2.25. The van der Waals surface area contributed by atoms with Gasteiger partial charge in [0, 0.05) is 39.6 Å². The van der Waals surface area contributed by atoms with Crippen LogP contribution in [0.2, 0.25) is 0 Å². The maximum atomic E-state index is 11.6. The summed E-state index contributed by atoms with van der Waals surface area (Å²) in [5.74, 6) is 1.97. The van der Waals surface area contributed by atoms with Gasteiger partial charge in [0.25, 0.3) is 0 Å². The fraction of sp³-hybridized carbons (Fsp3) is 0.375. The Hall–Kier alpha value is -3.92. The SMILES string of the molecule is COc1cc(OC)c2c(O)c3c(c(-c4c(OC)cc(OC)c5c(O)c6c(cc45)C(O)C(C)OC6)c2c1)CC(C)OC3. The van der Waals surface area contributed by atoms with Crippen LogP contribution in [0, 0.1) is 0 Å². The number of fused-ring (bicyclic) bond motifs is 4. The molecular weight excluding hydrogens is 528 g/mol.